The van der Waals surface area contributed by atoms with Gasteiger partial charge < -0.3 is 0 Å². The second-order valence-electron chi connectivity index (χ2n) is 3.33. The van der Waals surface area contributed by atoms with Crippen LogP contribution in [-0.2, 0) is 18.9 Å². The molecule has 0 aliphatic heterocycles. The van der Waals surface area contributed by atoms with Crippen LogP contribution < -0.4 is 0 Å². The van der Waals surface area contributed by atoms with E-state index >= 15 is 0 Å². The van der Waals surface area contributed by atoms with Gasteiger partial charge in [0, 0.05) is 10.7 Å². The van der Waals surface area contributed by atoms with E-state index < -0.39 is 18.9 Å². The van der Waals surface area contributed by atoms with Gasteiger partial charge in [0.2, 0.25) is 9.84 Å². The molecule has 0 atom stereocenters. The first kappa shape index (κ1) is 13.5. The zero-order valence-corrected chi connectivity index (χ0v) is 12.0. The van der Waals surface area contributed by atoms with Crippen LogP contribution in [0, 0.1) is 0 Å². The van der Waals surface area contributed by atoms with Crippen LogP contribution in [0.25, 0.3) is 0 Å². The number of sulfone groups is 1. The predicted octanol–water partition coefficient (Wildman–Crippen LogP) is 2.51. The quantitative estimate of drug-likeness (QED) is 0.814. The summed E-state index contributed by atoms with van der Waals surface area (Å²) in [7, 11) is -2.43. The molecular formula is C10H7ClO4S3. The van der Waals surface area contributed by atoms with E-state index in [4.69, 9.17) is 10.7 Å². The molecule has 1 aromatic heterocycles. The monoisotopic (exact) mass is 322 g/mol. The Morgan fingerprint density at radius 1 is 0.833 bits per heavy atom. The fourth-order valence-corrected chi connectivity index (χ4v) is 5.25. The maximum atomic E-state index is 12.1. The van der Waals surface area contributed by atoms with Crippen LogP contribution in [0.3, 0.4) is 0 Å². The van der Waals surface area contributed by atoms with Gasteiger partial charge in [-0.2, -0.15) is 0 Å². The molecule has 0 saturated heterocycles. The molecule has 2 aromatic rings. The van der Waals surface area contributed by atoms with Crippen LogP contribution in [0.4, 0.5) is 0 Å². The molecule has 0 radical (unpaired) electrons. The Kier molecular flexibility index (Phi) is 3.50. The highest BCUT2D eigenvalue weighted by Crippen LogP contribution is 2.31. The Morgan fingerprint density at radius 3 is 1.89 bits per heavy atom. The Hall–Kier alpha value is -0.890. The van der Waals surface area contributed by atoms with Crippen molar-refractivity contribution in [3.8, 4) is 0 Å². The second kappa shape index (κ2) is 4.65. The summed E-state index contributed by atoms with van der Waals surface area (Å²) in [6, 6.07) is 10.2. The van der Waals surface area contributed by atoms with Gasteiger partial charge in [0.05, 0.1) is 4.90 Å². The second-order valence-corrected chi connectivity index (χ2v) is 9.38. The van der Waals surface area contributed by atoms with Crippen LogP contribution in [0.2, 0.25) is 0 Å². The smallest absolute Gasteiger partial charge is 0.218 e. The lowest BCUT2D eigenvalue weighted by atomic mass is 10.4. The first-order chi connectivity index (χ1) is 8.32. The van der Waals surface area contributed by atoms with Gasteiger partial charge in [-0.15, -0.1) is 11.3 Å². The molecule has 4 nitrogen and oxygen atoms in total. The van der Waals surface area contributed by atoms with E-state index in [1.807, 2.05) is 0 Å². The lowest BCUT2D eigenvalue weighted by molar-refractivity contribution is 0.598. The van der Waals surface area contributed by atoms with Crippen molar-refractivity contribution in [1.29, 1.82) is 0 Å². The summed E-state index contributed by atoms with van der Waals surface area (Å²) in [4.78, 5) is 0.116. The number of rotatable bonds is 3. The summed E-state index contributed by atoms with van der Waals surface area (Å²) in [6.45, 7) is 0. The van der Waals surface area contributed by atoms with Crippen molar-refractivity contribution in [3.05, 3.63) is 42.5 Å². The zero-order chi connectivity index (χ0) is 13.4. The average Bonchev–Trinajstić information content (AvgIpc) is 2.79. The maximum Gasteiger partial charge on any atom is 0.270 e. The Bertz CT molecular complexity index is 760. The van der Waals surface area contributed by atoms with Gasteiger partial charge in [-0.25, -0.2) is 16.8 Å². The third kappa shape index (κ3) is 2.59. The number of hydrogen-bond acceptors (Lipinski definition) is 5. The summed E-state index contributed by atoms with van der Waals surface area (Å²) in [5.74, 6) is 0. The number of benzene rings is 1. The van der Waals surface area contributed by atoms with E-state index in [2.05, 4.69) is 0 Å². The highest BCUT2D eigenvalue weighted by atomic mass is 35.7. The minimum atomic E-state index is -3.90. The van der Waals surface area contributed by atoms with Gasteiger partial charge in [-0.1, -0.05) is 18.2 Å². The molecule has 1 aromatic carbocycles. The lowest BCUT2D eigenvalue weighted by Crippen LogP contribution is -1.98. The summed E-state index contributed by atoms with van der Waals surface area (Å²) < 4.78 is 46.2. The van der Waals surface area contributed by atoms with Crippen molar-refractivity contribution in [1.82, 2.24) is 0 Å². The first-order valence-corrected chi connectivity index (χ1v) is 9.27. The van der Waals surface area contributed by atoms with E-state index in [1.54, 1.807) is 18.2 Å². The molecule has 8 heteroatoms. The molecule has 1 heterocycles. The van der Waals surface area contributed by atoms with Crippen molar-refractivity contribution in [2.45, 2.75) is 13.3 Å². The maximum absolute atomic E-state index is 12.1. The Morgan fingerprint density at radius 2 is 1.39 bits per heavy atom. The third-order valence-corrected chi connectivity index (χ3v) is 7.55. The molecular weight excluding hydrogens is 316 g/mol. The van der Waals surface area contributed by atoms with Crippen LogP contribution in [0.15, 0.2) is 55.8 Å². The molecule has 0 aliphatic rings. The molecule has 0 spiro atoms. The highest BCUT2D eigenvalue weighted by Gasteiger charge is 2.22. The van der Waals surface area contributed by atoms with Crippen molar-refractivity contribution < 1.29 is 16.8 Å². The van der Waals surface area contributed by atoms with E-state index in [1.165, 1.54) is 24.3 Å². The van der Waals surface area contributed by atoms with Gasteiger partial charge in [0.15, 0.2) is 0 Å². The van der Waals surface area contributed by atoms with Gasteiger partial charge in [-0.05, 0) is 24.3 Å². The largest absolute Gasteiger partial charge is 0.270 e. The standard InChI is InChI=1S/C10H7ClO4S3/c11-18(14,15)10-7-6-9(16-10)17(12,13)8-4-2-1-3-5-8/h1-7H. The van der Waals surface area contributed by atoms with E-state index in [0.717, 1.165) is 0 Å². The summed E-state index contributed by atoms with van der Waals surface area (Å²) in [6.07, 6.45) is 0. The molecule has 0 amide bonds. The van der Waals surface area contributed by atoms with E-state index in [9.17, 15) is 16.8 Å². The summed E-state index contributed by atoms with van der Waals surface area (Å²) in [5, 5.41) is 0. The van der Waals surface area contributed by atoms with Crippen molar-refractivity contribution in [2.24, 2.45) is 0 Å². The topological polar surface area (TPSA) is 68.3 Å². The molecule has 18 heavy (non-hydrogen) atoms. The fourth-order valence-electron chi connectivity index (χ4n) is 1.29. The third-order valence-electron chi connectivity index (χ3n) is 2.12. The van der Waals surface area contributed by atoms with E-state index in [0.29, 0.717) is 11.3 Å². The minimum absolute atomic E-state index is 0.0482. The molecule has 0 unspecified atom stereocenters. The van der Waals surface area contributed by atoms with Crippen LogP contribution in [-0.4, -0.2) is 16.8 Å². The van der Waals surface area contributed by atoms with E-state index in [-0.39, 0.29) is 13.3 Å². The average molecular weight is 323 g/mol. The highest BCUT2D eigenvalue weighted by molar-refractivity contribution is 8.15. The van der Waals surface area contributed by atoms with Gasteiger partial charge >= 0.3 is 0 Å². The molecule has 0 saturated carbocycles. The Balaban J connectivity index is 2.54. The van der Waals surface area contributed by atoms with Crippen LogP contribution in [0.5, 0.6) is 0 Å². The van der Waals surface area contributed by atoms with Gasteiger partial charge in [0.1, 0.15) is 8.42 Å². The van der Waals surface area contributed by atoms with Crippen molar-refractivity contribution in [3.63, 3.8) is 0 Å². The predicted molar refractivity (Wildman–Crippen MR) is 69.3 cm³/mol. The molecule has 0 aliphatic carbocycles. The Labute approximate surface area is 113 Å². The minimum Gasteiger partial charge on any atom is -0.218 e. The molecule has 2 rings (SSSR count). The number of hydrogen-bond donors (Lipinski definition) is 0. The lowest BCUT2D eigenvalue weighted by Gasteiger charge is -2.00. The number of thiophene rings is 1. The van der Waals surface area contributed by atoms with Crippen LogP contribution >= 0.6 is 22.0 Å². The number of halogens is 1. The van der Waals surface area contributed by atoms with Gasteiger partial charge in [-0.3, -0.25) is 0 Å². The molecule has 0 fully saturated rings. The zero-order valence-electron chi connectivity index (χ0n) is 8.78. The van der Waals surface area contributed by atoms with Gasteiger partial charge in [0.25, 0.3) is 9.05 Å². The molecule has 0 N–H and O–H groups in total. The van der Waals surface area contributed by atoms with Crippen molar-refractivity contribution in [2.75, 3.05) is 0 Å². The summed E-state index contributed by atoms with van der Waals surface area (Å²) >= 11 is 0.634. The summed E-state index contributed by atoms with van der Waals surface area (Å²) in [5.41, 5.74) is 0. The fraction of sp³-hybridized carbons (Fsp3) is 0. The van der Waals surface area contributed by atoms with Crippen LogP contribution in [0.1, 0.15) is 0 Å². The SMILES string of the molecule is O=S(=O)(Cl)c1ccc(S(=O)(=O)c2ccccc2)s1. The normalized spacial score (nSPS) is 12.5. The molecule has 0 bridgehead atoms. The first-order valence-electron chi connectivity index (χ1n) is 4.66. The van der Waals surface area contributed by atoms with Crippen molar-refractivity contribution >= 4 is 40.9 Å². The molecule has 96 valence electrons.